The normalized spacial score (nSPS) is 13.2. The molecule has 0 bridgehead atoms. The Morgan fingerprint density at radius 1 is 1.21 bits per heavy atom. The van der Waals surface area contributed by atoms with Gasteiger partial charge in [-0.15, -0.1) is 11.3 Å². The summed E-state index contributed by atoms with van der Waals surface area (Å²) in [4.78, 5) is 32.8. The van der Waals surface area contributed by atoms with Crippen LogP contribution in [0.25, 0.3) is 10.2 Å². The highest BCUT2D eigenvalue weighted by Gasteiger charge is 2.23. The number of aromatic nitrogens is 2. The predicted octanol–water partition coefficient (Wildman–Crippen LogP) is 5.11. The molecular weight excluding hydrogens is 388 g/mol. The van der Waals surface area contributed by atoms with E-state index in [9.17, 15) is 9.59 Å². The number of hydrogen-bond donors (Lipinski definition) is 0. The lowest BCUT2D eigenvalue weighted by molar-refractivity contribution is 0.102. The van der Waals surface area contributed by atoms with E-state index in [0.29, 0.717) is 23.0 Å². The summed E-state index contributed by atoms with van der Waals surface area (Å²) in [6, 6.07) is 9.31. The van der Waals surface area contributed by atoms with Gasteiger partial charge in [-0.05, 0) is 31.2 Å². The average Bonchev–Trinajstić information content (AvgIpc) is 3.29. The summed E-state index contributed by atoms with van der Waals surface area (Å²) < 4.78 is 1.81. The van der Waals surface area contributed by atoms with Crippen molar-refractivity contribution < 1.29 is 4.79 Å². The number of ketones is 1. The van der Waals surface area contributed by atoms with Crippen molar-refractivity contribution in [2.24, 2.45) is 0 Å². The third kappa shape index (κ3) is 3.80. The maximum Gasteiger partial charge on any atom is 0.263 e. The van der Waals surface area contributed by atoms with Crippen molar-refractivity contribution in [3.8, 4) is 0 Å². The summed E-state index contributed by atoms with van der Waals surface area (Å²) in [5.74, 6) is 0.356. The number of thiophene rings is 1. The van der Waals surface area contributed by atoms with Crippen molar-refractivity contribution in [3.05, 3.63) is 56.7 Å². The Morgan fingerprint density at radius 2 is 2.04 bits per heavy atom. The summed E-state index contributed by atoms with van der Waals surface area (Å²) >= 11 is 3.05. The van der Waals surface area contributed by atoms with Crippen LogP contribution in [0.4, 0.5) is 0 Å². The van der Waals surface area contributed by atoms with E-state index in [0.717, 1.165) is 48.7 Å². The first kappa shape index (κ1) is 19.4. The smallest absolute Gasteiger partial charge is 0.263 e. The minimum atomic E-state index is 0.0636. The summed E-state index contributed by atoms with van der Waals surface area (Å²) in [5, 5.41) is 1.51. The lowest BCUT2D eigenvalue weighted by Gasteiger charge is -2.12. The number of nitrogens with zero attached hydrogens (tertiary/aromatic N) is 2. The highest BCUT2D eigenvalue weighted by Crippen LogP contribution is 2.35. The number of aryl methyl sites for hydroxylation is 2. The predicted molar refractivity (Wildman–Crippen MR) is 117 cm³/mol. The van der Waals surface area contributed by atoms with Gasteiger partial charge in [-0.2, -0.15) is 0 Å². The standard InChI is InChI=1S/C22H24N2O2S2/c1-2-3-7-13-24-21(26)19-16-11-8-12-18(16)28-20(19)23-22(24)27-14-17(25)15-9-5-4-6-10-15/h4-6,9-10H,2-3,7-8,11-14H2,1H3. The monoisotopic (exact) mass is 412 g/mol. The molecular formula is C22H24N2O2S2. The van der Waals surface area contributed by atoms with Gasteiger partial charge >= 0.3 is 0 Å². The maximum absolute atomic E-state index is 13.3. The second-order valence-electron chi connectivity index (χ2n) is 7.17. The van der Waals surface area contributed by atoms with Gasteiger partial charge in [-0.1, -0.05) is 61.9 Å². The number of carbonyl (C=O) groups is 1. The first-order valence-corrected chi connectivity index (χ1v) is 11.8. The molecule has 1 aliphatic rings. The minimum absolute atomic E-state index is 0.0636. The van der Waals surface area contributed by atoms with E-state index in [1.807, 2.05) is 34.9 Å². The van der Waals surface area contributed by atoms with Gasteiger partial charge in [0.05, 0.1) is 11.1 Å². The van der Waals surface area contributed by atoms with Crippen molar-refractivity contribution in [1.82, 2.24) is 9.55 Å². The Morgan fingerprint density at radius 3 is 2.82 bits per heavy atom. The number of benzene rings is 1. The van der Waals surface area contributed by atoms with Crippen LogP contribution in [0.5, 0.6) is 0 Å². The molecule has 0 amide bonds. The van der Waals surface area contributed by atoms with Crippen molar-refractivity contribution in [1.29, 1.82) is 0 Å². The molecule has 6 heteroatoms. The van der Waals surface area contributed by atoms with Crippen molar-refractivity contribution >= 4 is 39.1 Å². The first-order chi connectivity index (χ1) is 13.7. The molecule has 28 heavy (non-hydrogen) atoms. The summed E-state index contributed by atoms with van der Waals surface area (Å²) in [5.41, 5.74) is 2.00. The fourth-order valence-electron chi connectivity index (χ4n) is 3.72. The number of rotatable bonds is 8. The van der Waals surface area contributed by atoms with E-state index in [4.69, 9.17) is 4.98 Å². The van der Waals surface area contributed by atoms with E-state index in [1.165, 1.54) is 22.2 Å². The molecule has 0 saturated carbocycles. The lowest BCUT2D eigenvalue weighted by Crippen LogP contribution is -2.24. The Kier molecular flexibility index (Phi) is 5.97. The fraction of sp³-hybridized carbons (Fsp3) is 0.409. The largest absolute Gasteiger partial charge is 0.293 e. The molecule has 0 radical (unpaired) electrons. The second-order valence-corrected chi connectivity index (χ2v) is 9.20. The van der Waals surface area contributed by atoms with Gasteiger partial charge < -0.3 is 0 Å². The van der Waals surface area contributed by atoms with Crippen LogP contribution in [0.3, 0.4) is 0 Å². The van der Waals surface area contributed by atoms with Gasteiger partial charge in [0.15, 0.2) is 10.9 Å². The van der Waals surface area contributed by atoms with Crippen LogP contribution in [0, 0.1) is 0 Å². The van der Waals surface area contributed by atoms with E-state index < -0.39 is 0 Å². The van der Waals surface area contributed by atoms with E-state index in [-0.39, 0.29) is 11.3 Å². The lowest BCUT2D eigenvalue weighted by atomic mass is 10.2. The SMILES string of the molecule is CCCCCn1c(SCC(=O)c2ccccc2)nc2sc3c(c2c1=O)CCC3. The molecule has 0 aliphatic heterocycles. The summed E-state index contributed by atoms with van der Waals surface area (Å²) in [6.45, 7) is 2.83. The number of thioether (sulfide) groups is 1. The molecule has 3 aromatic rings. The first-order valence-electron chi connectivity index (χ1n) is 9.95. The third-order valence-electron chi connectivity index (χ3n) is 5.20. The van der Waals surface area contributed by atoms with Crippen molar-refractivity contribution in [2.45, 2.75) is 57.1 Å². The Bertz CT molecular complexity index is 1050. The molecule has 0 unspecified atom stereocenters. The van der Waals surface area contributed by atoms with Crippen molar-refractivity contribution in [3.63, 3.8) is 0 Å². The van der Waals surface area contributed by atoms with E-state index in [2.05, 4.69) is 6.92 Å². The molecule has 0 fully saturated rings. The Balaban J connectivity index is 1.66. The zero-order valence-electron chi connectivity index (χ0n) is 16.1. The molecule has 1 aliphatic carbocycles. The number of hydrogen-bond acceptors (Lipinski definition) is 5. The van der Waals surface area contributed by atoms with Crippen LogP contribution in [-0.2, 0) is 19.4 Å². The van der Waals surface area contributed by atoms with Crippen LogP contribution in [0.15, 0.2) is 40.3 Å². The van der Waals surface area contributed by atoms with Crippen LogP contribution in [-0.4, -0.2) is 21.1 Å². The van der Waals surface area contributed by atoms with Crippen LogP contribution < -0.4 is 5.56 Å². The Hall–Kier alpha value is -1.92. The third-order valence-corrected chi connectivity index (χ3v) is 7.37. The molecule has 2 heterocycles. The molecule has 4 nitrogen and oxygen atoms in total. The Labute approximate surface area is 173 Å². The zero-order valence-corrected chi connectivity index (χ0v) is 17.7. The van der Waals surface area contributed by atoms with Crippen LogP contribution >= 0.6 is 23.1 Å². The molecule has 4 rings (SSSR count). The maximum atomic E-state index is 13.3. The minimum Gasteiger partial charge on any atom is -0.293 e. The molecule has 0 N–H and O–H groups in total. The second kappa shape index (κ2) is 8.62. The van der Waals surface area contributed by atoms with E-state index >= 15 is 0 Å². The topological polar surface area (TPSA) is 52.0 Å². The van der Waals surface area contributed by atoms with Gasteiger partial charge in [0.2, 0.25) is 0 Å². The highest BCUT2D eigenvalue weighted by atomic mass is 32.2. The van der Waals surface area contributed by atoms with Gasteiger partial charge in [0.25, 0.3) is 5.56 Å². The molecule has 2 aromatic heterocycles. The molecule has 0 saturated heterocycles. The molecule has 146 valence electrons. The van der Waals surface area contributed by atoms with Crippen LogP contribution in [0.1, 0.15) is 53.4 Å². The number of Topliss-reactive ketones (excluding diaryl/α,β-unsaturated/α-hetero) is 1. The van der Waals surface area contributed by atoms with Gasteiger partial charge in [-0.25, -0.2) is 4.98 Å². The van der Waals surface area contributed by atoms with Gasteiger partial charge in [0.1, 0.15) is 4.83 Å². The molecule has 1 aromatic carbocycles. The average molecular weight is 413 g/mol. The van der Waals surface area contributed by atoms with Crippen molar-refractivity contribution in [2.75, 3.05) is 5.75 Å². The van der Waals surface area contributed by atoms with Gasteiger partial charge in [0, 0.05) is 17.0 Å². The number of carbonyl (C=O) groups excluding carboxylic acids is 1. The molecule has 0 atom stereocenters. The van der Waals surface area contributed by atoms with E-state index in [1.54, 1.807) is 11.3 Å². The van der Waals surface area contributed by atoms with Gasteiger partial charge in [-0.3, -0.25) is 14.2 Å². The quantitative estimate of drug-likeness (QED) is 0.223. The summed E-state index contributed by atoms with van der Waals surface area (Å²) in [7, 11) is 0. The highest BCUT2D eigenvalue weighted by molar-refractivity contribution is 7.99. The number of fused-ring (bicyclic) bond motifs is 3. The zero-order chi connectivity index (χ0) is 19.5. The molecule has 0 spiro atoms. The van der Waals surface area contributed by atoms with Crippen LogP contribution in [0.2, 0.25) is 0 Å². The fourth-order valence-corrected chi connectivity index (χ4v) is 5.95. The number of unbranched alkanes of at least 4 members (excludes halogenated alkanes) is 2. The summed E-state index contributed by atoms with van der Waals surface area (Å²) in [6.07, 6.45) is 6.32.